The lowest BCUT2D eigenvalue weighted by atomic mass is 10.1. The minimum atomic E-state index is -0.450. The maximum absolute atomic E-state index is 13.2. The molecule has 2 amide bonds. The minimum absolute atomic E-state index is 0.116. The summed E-state index contributed by atoms with van der Waals surface area (Å²) in [6.45, 7) is 0.270. The number of hydrogen-bond acceptors (Lipinski definition) is 5. The number of nitrogens with one attached hydrogen (secondary N) is 2. The summed E-state index contributed by atoms with van der Waals surface area (Å²) in [6.07, 6.45) is 6.94. The maximum Gasteiger partial charge on any atom is 0.268 e. The number of nitrogens with zero attached hydrogens (tertiary/aromatic N) is 2. The van der Waals surface area contributed by atoms with Crippen LogP contribution in [0.2, 0.25) is 0 Å². The molecule has 0 aliphatic rings. The number of rotatable bonds is 8. The highest BCUT2D eigenvalue weighted by Gasteiger charge is 2.17. The molecule has 0 atom stereocenters. The first-order chi connectivity index (χ1) is 17.0. The molecule has 0 aliphatic heterocycles. The number of amides is 2. The molecule has 0 fully saturated rings. The van der Waals surface area contributed by atoms with Gasteiger partial charge >= 0.3 is 0 Å². The van der Waals surface area contributed by atoms with Crippen molar-refractivity contribution in [3.63, 3.8) is 0 Å². The molecular weight excluding hydrogens is 444 g/mol. The number of fused-ring (bicyclic) bond motifs is 1. The largest absolute Gasteiger partial charge is 0.493 e. The minimum Gasteiger partial charge on any atom is -0.493 e. The molecule has 8 nitrogen and oxygen atoms in total. The van der Waals surface area contributed by atoms with E-state index in [0.717, 1.165) is 22.0 Å². The number of hydrogen-bond donors (Lipinski definition) is 2. The summed E-state index contributed by atoms with van der Waals surface area (Å²) in [5, 5.41) is 6.59. The van der Waals surface area contributed by atoms with Crippen molar-refractivity contribution in [2.45, 2.75) is 6.54 Å². The van der Waals surface area contributed by atoms with Crippen LogP contribution in [0.1, 0.15) is 21.5 Å². The van der Waals surface area contributed by atoms with Gasteiger partial charge in [-0.05, 0) is 42.0 Å². The summed E-state index contributed by atoms with van der Waals surface area (Å²) in [5.41, 5.74) is 3.11. The van der Waals surface area contributed by atoms with Gasteiger partial charge in [-0.2, -0.15) is 0 Å². The Morgan fingerprint density at radius 2 is 1.83 bits per heavy atom. The summed E-state index contributed by atoms with van der Waals surface area (Å²) in [6, 6.07) is 16.3. The Hall–Kier alpha value is -4.59. The van der Waals surface area contributed by atoms with E-state index >= 15 is 0 Å². The molecule has 2 heterocycles. The number of aromatic nitrogens is 2. The molecule has 2 aromatic carbocycles. The predicted molar refractivity (Wildman–Crippen MR) is 134 cm³/mol. The molecule has 4 aromatic rings. The molecule has 0 spiro atoms. The van der Waals surface area contributed by atoms with Gasteiger partial charge in [0.2, 0.25) is 0 Å². The highest BCUT2D eigenvalue weighted by molar-refractivity contribution is 6.06. The highest BCUT2D eigenvalue weighted by atomic mass is 16.5. The highest BCUT2D eigenvalue weighted by Crippen LogP contribution is 2.28. The second-order valence-corrected chi connectivity index (χ2v) is 7.84. The van der Waals surface area contributed by atoms with Crippen LogP contribution in [0.4, 0.5) is 0 Å². The molecule has 0 saturated carbocycles. The molecule has 0 unspecified atom stereocenters. The van der Waals surface area contributed by atoms with E-state index in [4.69, 9.17) is 9.47 Å². The van der Waals surface area contributed by atoms with Crippen LogP contribution in [0.3, 0.4) is 0 Å². The van der Waals surface area contributed by atoms with Crippen LogP contribution < -0.4 is 20.1 Å². The van der Waals surface area contributed by atoms with Gasteiger partial charge < -0.3 is 24.7 Å². The number of aryl methyl sites for hydroxylation is 1. The monoisotopic (exact) mass is 470 g/mol. The molecule has 2 N–H and O–H groups in total. The molecular formula is C27H26N4O4. The molecule has 178 valence electrons. The topological polar surface area (TPSA) is 94.5 Å². The third kappa shape index (κ3) is 5.33. The number of benzene rings is 2. The summed E-state index contributed by atoms with van der Waals surface area (Å²) in [4.78, 5) is 30.4. The molecule has 0 aliphatic carbocycles. The van der Waals surface area contributed by atoms with E-state index in [9.17, 15) is 9.59 Å². The summed E-state index contributed by atoms with van der Waals surface area (Å²) < 4.78 is 12.5. The zero-order valence-corrected chi connectivity index (χ0v) is 19.7. The third-order valence-corrected chi connectivity index (χ3v) is 5.54. The summed E-state index contributed by atoms with van der Waals surface area (Å²) in [5.74, 6) is 0.0510. The van der Waals surface area contributed by atoms with E-state index < -0.39 is 11.8 Å². The van der Waals surface area contributed by atoms with Gasteiger partial charge in [-0.1, -0.05) is 24.3 Å². The van der Waals surface area contributed by atoms with Gasteiger partial charge in [0.05, 0.1) is 14.2 Å². The molecule has 35 heavy (non-hydrogen) atoms. The Morgan fingerprint density at radius 1 is 1.03 bits per heavy atom. The number of carbonyl (C=O) groups excluding carboxylic acids is 2. The zero-order valence-electron chi connectivity index (χ0n) is 19.7. The molecule has 4 rings (SSSR count). The number of carbonyl (C=O) groups is 2. The van der Waals surface area contributed by atoms with Crippen LogP contribution in [-0.4, -0.2) is 35.6 Å². The first kappa shape index (κ1) is 23.6. The van der Waals surface area contributed by atoms with Gasteiger partial charge in [0.25, 0.3) is 11.8 Å². The van der Waals surface area contributed by atoms with Gasteiger partial charge in [0.15, 0.2) is 11.5 Å². The Labute approximate surface area is 203 Å². The number of methoxy groups -OCH3 is 2. The van der Waals surface area contributed by atoms with E-state index in [1.807, 2.05) is 48.1 Å². The van der Waals surface area contributed by atoms with Crippen LogP contribution in [0, 0.1) is 0 Å². The second-order valence-electron chi connectivity index (χ2n) is 7.84. The van der Waals surface area contributed by atoms with Gasteiger partial charge in [0, 0.05) is 54.2 Å². The lowest BCUT2D eigenvalue weighted by Crippen LogP contribution is -2.34. The Balaban J connectivity index is 1.66. The van der Waals surface area contributed by atoms with E-state index in [2.05, 4.69) is 15.6 Å². The van der Waals surface area contributed by atoms with Crippen LogP contribution in [-0.2, 0) is 18.4 Å². The molecule has 0 radical (unpaired) electrons. The smallest absolute Gasteiger partial charge is 0.268 e. The molecule has 0 saturated heterocycles. The zero-order chi connectivity index (χ0) is 24.8. The van der Waals surface area contributed by atoms with Crippen molar-refractivity contribution in [2.24, 2.45) is 7.05 Å². The van der Waals surface area contributed by atoms with Gasteiger partial charge in [0.1, 0.15) is 5.70 Å². The first-order valence-electron chi connectivity index (χ1n) is 11.0. The second kappa shape index (κ2) is 10.6. The van der Waals surface area contributed by atoms with Crippen molar-refractivity contribution < 1.29 is 19.1 Å². The van der Waals surface area contributed by atoms with E-state index in [-0.39, 0.29) is 12.2 Å². The Kier molecular flexibility index (Phi) is 7.11. The molecule has 2 aromatic heterocycles. The van der Waals surface area contributed by atoms with Crippen molar-refractivity contribution in [3.05, 3.63) is 95.6 Å². The SMILES string of the molecule is COc1ccc(C(=O)N/C(=C\c2cn(C)c3ccccc23)C(=O)NCc2cccnc2)cc1OC. The summed E-state index contributed by atoms with van der Waals surface area (Å²) >= 11 is 0. The van der Waals surface area contributed by atoms with Crippen LogP contribution in [0.25, 0.3) is 17.0 Å². The molecule has 0 bridgehead atoms. The predicted octanol–water partition coefficient (Wildman–Crippen LogP) is 3.68. The van der Waals surface area contributed by atoms with Crippen LogP contribution >= 0.6 is 0 Å². The lowest BCUT2D eigenvalue weighted by molar-refractivity contribution is -0.117. The quantitative estimate of drug-likeness (QED) is 0.383. The molecule has 8 heteroatoms. The van der Waals surface area contributed by atoms with Crippen LogP contribution in [0.15, 0.2) is 78.9 Å². The first-order valence-corrected chi connectivity index (χ1v) is 11.0. The van der Waals surface area contributed by atoms with Crippen molar-refractivity contribution in [1.29, 1.82) is 0 Å². The van der Waals surface area contributed by atoms with Gasteiger partial charge in [-0.25, -0.2) is 0 Å². The van der Waals surface area contributed by atoms with Gasteiger partial charge in [-0.15, -0.1) is 0 Å². The van der Waals surface area contributed by atoms with Gasteiger partial charge in [-0.3, -0.25) is 14.6 Å². The standard InChI is InChI=1S/C27H26N4O4/c1-31-17-20(21-8-4-5-9-23(21)31)13-22(27(33)29-16-18-7-6-12-28-15-18)30-26(32)19-10-11-24(34-2)25(14-19)35-3/h4-15,17H,16H2,1-3H3,(H,29,33)(H,30,32)/b22-13-. The maximum atomic E-state index is 13.2. The normalized spacial score (nSPS) is 11.2. The fraction of sp³-hybridized carbons (Fsp3) is 0.148. The number of para-hydroxylation sites is 1. The average molecular weight is 471 g/mol. The average Bonchev–Trinajstić information content (AvgIpc) is 3.22. The number of pyridine rings is 1. The van der Waals surface area contributed by atoms with E-state index in [1.165, 1.54) is 14.2 Å². The number of ether oxygens (including phenoxy) is 2. The fourth-order valence-electron chi connectivity index (χ4n) is 3.75. The lowest BCUT2D eigenvalue weighted by Gasteiger charge is -2.13. The van der Waals surface area contributed by atoms with Crippen molar-refractivity contribution in [2.75, 3.05) is 14.2 Å². The van der Waals surface area contributed by atoms with Crippen LogP contribution in [0.5, 0.6) is 11.5 Å². The van der Waals surface area contributed by atoms with Crippen molar-refractivity contribution in [3.8, 4) is 11.5 Å². The fourth-order valence-corrected chi connectivity index (χ4v) is 3.75. The third-order valence-electron chi connectivity index (χ3n) is 5.54. The van der Waals surface area contributed by atoms with Crippen molar-refractivity contribution >= 4 is 28.8 Å². The van der Waals surface area contributed by atoms with E-state index in [1.54, 1.807) is 42.7 Å². The Bertz CT molecular complexity index is 1390. The Morgan fingerprint density at radius 3 is 2.57 bits per heavy atom. The summed E-state index contributed by atoms with van der Waals surface area (Å²) in [7, 11) is 4.95. The van der Waals surface area contributed by atoms with E-state index in [0.29, 0.717) is 17.1 Å². The van der Waals surface area contributed by atoms with Crippen molar-refractivity contribution in [1.82, 2.24) is 20.2 Å².